The molecule has 3 saturated heterocycles. The molecule has 3 aliphatic rings. The molecule has 618 valence electrons. The van der Waals surface area contributed by atoms with Crippen LogP contribution in [-0.2, 0) is 99.9 Å². The molecule has 0 saturated carbocycles. The van der Waals surface area contributed by atoms with Gasteiger partial charge in [0.1, 0.15) is 90.4 Å². The lowest BCUT2D eigenvalue weighted by molar-refractivity contribution is -0.272. The topological polar surface area (TPSA) is 499 Å². The van der Waals surface area contributed by atoms with Crippen molar-refractivity contribution >= 4 is 46.9 Å². The van der Waals surface area contributed by atoms with Crippen LogP contribution in [0.3, 0.4) is 0 Å². The number of rotatable bonds is 59. The molecule has 14 N–H and O–H groups in total. The Morgan fingerprint density at radius 3 is 1.06 bits per heavy atom. The number of aliphatic hydroxyl groups is 9. The van der Waals surface area contributed by atoms with E-state index in [1.807, 2.05) is 0 Å². The molecule has 0 spiro atoms. The van der Waals surface area contributed by atoms with E-state index in [1.54, 1.807) is 7.11 Å². The lowest BCUT2D eigenvalue weighted by atomic mass is 9.82. The van der Waals surface area contributed by atoms with Crippen LogP contribution in [-0.4, -0.2) is 329 Å². The van der Waals surface area contributed by atoms with Gasteiger partial charge in [-0.3, -0.25) is 38.4 Å². The monoisotopic (exact) mass is 1530 g/mol. The van der Waals surface area contributed by atoms with Gasteiger partial charge in [-0.25, -0.2) is 0 Å². The van der Waals surface area contributed by atoms with E-state index in [-0.39, 0.29) is 187 Å². The summed E-state index contributed by atoms with van der Waals surface area (Å²) < 4.78 is 72.6. The van der Waals surface area contributed by atoms with E-state index in [0.29, 0.717) is 31.3 Å². The maximum atomic E-state index is 14.0. The summed E-state index contributed by atoms with van der Waals surface area (Å²) in [6.45, 7) is 12.4. The molecule has 3 fully saturated rings. The normalized spacial score (nSPS) is 25.1. The number of methoxy groups -OCH3 is 1. The summed E-state index contributed by atoms with van der Waals surface area (Å²) in [6.07, 6.45) is -10.4. The van der Waals surface area contributed by atoms with Gasteiger partial charge in [-0.05, 0) is 50.4 Å². The maximum Gasteiger partial charge on any atom is 0.222 e. The van der Waals surface area contributed by atoms with Gasteiger partial charge in [0.2, 0.25) is 29.5 Å². The molecule has 0 bridgehead atoms. The summed E-state index contributed by atoms with van der Waals surface area (Å²) in [6, 6.07) is -3.34. The molecule has 0 aromatic heterocycles. The van der Waals surface area contributed by atoms with E-state index in [9.17, 15) is 84.3 Å². The van der Waals surface area contributed by atoms with E-state index in [0.717, 1.165) is 32.1 Å². The van der Waals surface area contributed by atoms with E-state index in [2.05, 4.69) is 54.3 Å². The number of hydrogen-bond acceptors (Lipinski definition) is 30. The van der Waals surface area contributed by atoms with Crippen molar-refractivity contribution in [2.75, 3.05) is 139 Å². The summed E-state index contributed by atoms with van der Waals surface area (Å²) in [5, 5.41) is 104. The van der Waals surface area contributed by atoms with Gasteiger partial charge in [0, 0.05) is 111 Å². The van der Waals surface area contributed by atoms with Crippen molar-refractivity contribution in [3.63, 3.8) is 0 Å². The van der Waals surface area contributed by atoms with Crippen LogP contribution >= 0.6 is 0 Å². The summed E-state index contributed by atoms with van der Waals surface area (Å²) in [7, 11) is 1.65. The molecule has 3 rings (SSSR count). The van der Waals surface area contributed by atoms with E-state index < -0.39 is 147 Å². The highest BCUT2D eigenvalue weighted by Crippen LogP contribution is 2.29. The number of unbranched alkanes of at least 4 members (excludes halogenated alkanes) is 4. The second kappa shape index (κ2) is 56.7. The highest BCUT2D eigenvalue weighted by atomic mass is 16.7. The van der Waals surface area contributed by atoms with Crippen LogP contribution in [0.15, 0.2) is 0 Å². The molecule has 3 heterocycles. The second-order valence-electron chi connectivity index (χ2n) is 28.1. The number of carbonyl (C=O) groups excluding carboxylic acids is 8. The smallest absolute Gasteiger partial charge is 0.222 e. The standard InChI is InChI=1S/C66H117N5O30.C5H12/c1-43(75)68-54-60(86)57(83)49(40-72)99-63(54)96-36-33-93-30-27-90-24-11-15-47(79)18-20-66(71-52(81)17-10-14-46(78)13-8-6-5-7-9-23-89-4,39-53(82)67-22-26-92-29-32-95-35-38-98-65-56(70-45(3)77)62(88)59(85)51(42-74)101-65)21-19-48(80)16-12-25-91-28-31-94-34-37-97-64-55(69-44(2)76)61(87)58(84)50(41-73)100-64;1-5(2,3)4/h49-51,54-65,72-74,83-88H,5-42H2,1-4H3,(H,67,82)(H,68,75)(H,69,76)(H,70,77)(H,71,81);1-4H3. The molecule has 0 aromatic carbocycles. The Kier molecular flexibility index (Phi) is 52.1. The highest BCUT2D eigenvalue weighted by molar-refractivity contribution is 5.84. The zero-order valence-electron chi connectivity index (χ0n) is 63.6. The van der Waals surface area contributed by atoms with Crippen LogP contribution in [0.25, 0.3) is 0 Å². The molecule has 3 aliphatic heterocycles. The number of ether oxygens (including phenoxy) is 13. The van der Waals surface area contributed by atoms with E-state index in [4.69, 9.17) is 61.6 Å². The summed E-state index contributed by atoms with van der Waals surface area (Å²) >= 11 is 0. The van der Waals surface area contributed by atoms with Gasteiger partial charge in [0.25, 0.3) is 0 Å². The zero-order chi connectivity index (χ0) is 78.9. The third-order valence-corrected chi connectivity index (χ3v) is 16.8. The predicted molar refractivity (Wildman–Crippen MR) is 378 cm³/mol. The Hall–Kier alpha value is -4.52. The highest BCUT2D eigenvalue weighted by Gasteiger charge is 2.48. The molecule has 15 unspecified atom stereocenters. The number of aliphatic hydroxyl groups excluding tert-OH is 9. The van der Waals surface area contributed by atoms with Crippen molar-refractivity contribution in [1.29, 1.82) is 0 Å². The van der Waals surface area contributed by atoms with Gasteiger partial charge < -0.3 is 134 Å². The van der Waals surface area contributed by atoms with Crippen molar-refractivity contribution < 1.29 is 146 Å². The Bertz CT molecular complexity index is 2340. The van der Waals surface area contributed by atoms with Gasteiger partial charge in [0.05, 0.1) is 106 Å². The molecule has 0 aliphatic carbocycles. The van der Waals surface area contributed by atoms with Crippen LogP contribution < -0.4 is 26.6 Å². The van der Waals surface area contributed by atoms with Crippen LogP contribution in [0.4, 0.5) is 0 Å². The van der Waals surface area contributed by atoms with Gasteiger partial charge >= 0.3 is 0 Å². The van der Waals surface area contributed by atoms with Crippen molar-refractivity contribution in [1.82, 2.24) is 26.6 Å². The minimum Gasteiger partial charge on any atom is -0.394 e. The van der Waals surface area contributed by atoms with Crippen LogP contribution in [0.5, 0.6) is 0 Å². The second-order valence-corrected chi connectivity index (χ2v) is 28.1. The first-order valence-corrected chi connectivity index (χ1v) is 37.1. The number of carbonyl (C=O) groups is 8. The van der Waals surface area contributed by atoms with Crippen LogP contribution in [0.1, 0.15) is 164 Å². The lowest BCUT2D eigenvalue weighted by Gasteiger charge is -2.42. The molecule has 106 heavy (non-hydrogen) atoms. The molecular weight excluding hydrogens is 1400 g/mol. The van der Waals surface area contributed by atoms with Gasteiger partial charge in [-0.1, -0.05) is 47.0 Å². The number of Topliss-reactive ketones (excluding diaryl/α,β-unsaturated/α-hetero) is 3. The van der Waals surface area contributed by atoms with Crippen molar-refractivity contribution in [2.45, 2.75) is 262 Å². The van der Waals surface area contributed by atoms with Crippen molar-refractivity contribution in [2.24, 2.45) is 5.41 Å². The Balaban J connectivity index is 0.00000736. The SMILES string of the molecule is CC(C)(C)C.COCCCCCCCC(=O)CCCC(=O)NC(CCC(=O)CCCOCCOCCOC1OC(CO)C(O)C(O)C1NC(C)=O)(CCC(=O)CCCOCCOCCOC1OC(CO)C(O)C(O)C1NC(C)=O)CC(=O)NCCOCCOCCOC1OC(CO)C(O)C(O)C1NC(C)=O. The third-order valence-electron chi connectivity index (χ3n) is 16.8. The number of ketones is 3. The largest absolute Gasteiger partial charge is 0.394 e. The average molecular weight is 1530 g/mol. The lowest BCUT2D eigenvalue weighted by Crippen LogP contribution is -2.64. The molecule has 5 amide bonds. The zero-order valence-corrected chi connectivity index (χ0v) is 63.6. The Morgan fingerprint density at radius 2 is 0.689 bits per heavy atom. The van der Waals surface area contributed by atoms with E-state index in [1.165, 1.54) is 20.8 Å². The fraction of sp³-hybridized carbons (Fsp3) is 0.887. The Labute approximate surface area is 623 Å². The number of hydrogen-bond donors (Lipinski definition) is 14. The molecule has 0 aromatic rings. The molecule has 15 atom stereocenters. The quantitative estimate of drug-likeness (QED) is 0.0304. The number of amides is 5. The first-order valence-electron chi connectivity index (χ1n) is 37.1. The van der Waals surface area contributed by atoms with Gasteiger partial charge in [-0.15, -0.1) is 0 Å². The molecule has 0 radical (unpaired) electrons. The fourth-order valence-corrected chi connectivity index (χ4v) is 11.4. The summed E-state index contributed by atoms with van der Waals surface area (Å²) in [5.74, 6) is -2.87. The fourth-order valence-electron chi connectivity index (χ4n) is 11.4. The average Bonchev–Trinajstić information content (AvgIpc) is 0.826. The van der Waals surface area contributed by atoms with Crippen molar-refractivity contribution in [3.05, 3.63) is 0 Å². The summed E-state index contributed by atoms with van der Waals surface area (Å²) in [5.41, 5.74) is -0.905. The third kappa shape index (κ3) is 43.2. The van der Waals surface area contributed by atoms with Crippen LogP contribution in [0, 0.1) is 5.41 Å². The van der Waals surface area contributed by atoms with Gasteiger partial charge in [0.15, 0.2) is 18.9 Å². The number of nitrogens with one attached hydrogen (secondary N) is 5. The minimum atomic E-state index is -1.48. The predicted octanol–water partition coefficient (Wildman–Crippen LogP) is -1.63. The maximum absolute atomic E-state index is 14.0. The summed E-state index contributed by atoms with van der Waals surface area (Å²) in [4.78, 5) is 103. The Morgan fingerprint density at radius 1 is 0.368 bits per heavy atom. The van der Waals surface area contributed by atoms with E-state index >= 15 is 0 Å². The molecule has 35 nitrogen and oxygen atoms in total. The molecular formula is C71H129N5O30. The minimum absolute atomic E-state index is 0.0190. The van der Waals surface area contributed by atoms with Crippen LogP contribution in [0.2, 0.25) is 0 Å². The molecule has 35 heteroatoms. The first-order chi connectivity index (χ1) is 50.5. The van der Waals surface area contributed by atoms with Gasteiger partial charge in [-0.2, -0.15) is 0 Å². The first kappa shape index (κ1) is 97.6. The van der Waals surface area contributed by atoms with Crippen molar-refractivity contribution in [3.8, 4) is 0 Å².